The Bertz CT molecular complexity index is 692. The molecule has 0 atom stereocenters. The number of methoxy groups -OCH3 is 1. The summed E-state index contributed by atoms with van der Waals surface area (Å²) in [6.07, 6.45) is 3.29. The average Bonchev–Trinajstić information content (AvgIpc) is 3.12. The second kappa shape index (κ2) is 6.59. The first kappa shape index (κ1) is 16.4. The summed E-state index contributed by atoms with van der Waals surface area (Å²) in [4.78, 5) is 13.9. The third-order valence-corrected chi connectivity index (χ3v) is 5.08. The first-order chi connectivity index (χ1) is 11.6. The number of rotatable bonds is 3. The minimum Gasteiger partial charge on any atom is -0.453 e. The van der Waals surface area contributed by atoms with E-state index in [4.69, 9.17) is 4.74 Å². The van der Waals surface area contributed by atoms with E-state index in [2.05, 4.69) is 22.4 Å². The van der Waals surface area contributed by atoms with Crippen molar-refractivity contribution in [3.63, 3.8) is 0 Å². The maximum Gasteiger partial charge on any atom is 0.410 e. The Morgan fingerprint density at radius 2 is 1.96 bits per heavy atom. The fourth-order valence-corrected chi connectivity index (χ4v) is 3.48. The highest BCUT2D eigenvalue weighted by Gasteiger charge is 2.46. The molecule has 7 nitrogen and oxygen atoms in total. The molecule has 0 aliphatic heterocycles. The molecule has 1 amide bonds. The van der Waals surface area contributed by atoms with Crippen molar-refractivity contribution in [1.82, 2.24) is 25.1 Å². The quantitative estimate of drug-likeness (QED) is 0.866. The van der Waals surface area contributed by atoms with Gasteiger partial charge in [-0.15, -0.1) is 5.10 Å². The SMILES string of the molecule is COC(=O)N(C)C1(c2nnnn2-c2ccccc2)CCC(C)CC1. The molecule has 1 saturated carbocycles. The second-order valence-corrected chi connectivity index (χ2v) is 6.49. The molecular weight excluding hydrogens is 306 g/mol. The van der Waals surface area contributed by atoms with Crippen molar-refractivity contribution in [1.29, 1.82) is 0 Å². The van der Waals surface area contributed by atoms with Gasteiger partial charge in [-0.3, -0.25) is 4.90 Å². The summed E-state index contributed by atoms with van der Waals surface area (Å²) in [5.41, 5.74) is 0.327. The Morgan fingerprint density at radius 1 is 1.29 bits per heavy atom. The molecule has 0 radical (unpaired) electrons. The lowest BCUT2D eigenvalue weighted by molar-refractivity contribution is 0.0383. The highest BCUT2D eigenvalue weighted by molar-refractivity contribution is 5.68. The van der Waals surface area contributed by atoms with Gasteiger partial charge in [0.15, 0.2) is 5.82 Å². The molecule has 0 spiro atoms. The minimum atomic E-state index is -0.557. The van der Waals surface area contributed by atoms with Crippen molar-refractivity contribution in [2.75, 3.05) is 14.2 Å². The Kier molecular flexibility index (Phi) is 4.51. The van der Waals surface area contributed by atoms with E-state index in [1.54, 1.807) is 16.6 Å². The van der Waals surface area contributed by atoms with Gasteiger partial charge >= 0.3 is 6.09 Å². The molecule has 24 heavy (non-hydrogen) atoms. The van der Waals surface area contributed by atoms with Crippen molar-refractivity contribution < 1.29 is 9.53 Å². The number of tetrazole rings is 1. The summed E-state index contributed by atoms with van der Waals surface area (Å²) < 4.78 is 6.70. The van der Waals surface area contributed by atoms with Gasteiger partial charge in [-0.2, -0.15) is 4.68 Å². The number of amides is 1. The first-order valence-corrected chi connectivity index (χ1v) is 8.24. The minimum absolute atomic E-state index is 0.368. The van der Waals surface area contributed by atoms with E-state index in [0.717, 1.165) is 31.4 Å². The Balaban J connectivity index is 2.08. The van der Waals surface area contributed by atoms with E-state index in [-0.39, 0.29) is 6.09 Å². The van der Waals surface area contributed by atoms with Crippen LogP contribution in [0.15, 0.2) is 30.3 Å². The zero-order chi connectivity index (χ0) is 17.2. The molecular formula is C17H23N5O2. The third kappa shape index (κ3) is 2.74. The number of ether oxygens (including phenoxy) is 1. The van der Waals surface area contributed by atoms with E-state index >= 15 is 0 Å². The van der Waals surface area contributed by atoms with Crippen LogP contribution < -0.4 is 0 Å². The number of benzene rings is 1. The van der Waals surface area contributed by atoms with Gasteiger partial charge in [-0.25, -0.2) is 4.79 Å². The molecule has 0 N–H and O–H groups in total. The molecule has 0 unspecified atom stereocenters. The second-order valence-electron chi connectivity index (χ2n) is 6.49. The van der Waals surface area contributed by atoms with Gasteiger partial charge in [-0.05, 0) is 54.2 Å². The number of para-hydroxylation sites is 1. The Morgan fingerprint density at radius 3 is 2.58 bits per heavy atom. The summed E-state index contributed by atoms with van der Waals surface area (Å²) in [5.74, 6) is 1.32. The maximum atomic E-state index is 12.3. The molecule has 1 heterocycles. The van der Waals surface area contributed by atoms with Crippen molar-refractivity contribution in [2.45, 2.75) is 38.1 Å². The molecule has 0 bridgehead atoms. The maximum absolute atomic E-state index is 12.3. The molecule has 1 aromatic carbocycles. The predicted octanol–water partition coefficient (Wildman–Crippen LogP) is 2.77. The molecule has 128 valence electrons. The van der Waals surface area contributed by atoms with Crippen LogP contribution in [0.25, 0.3) is 5.69 Å². The Hall–Kier alpha value is -2.44. The van der Waals surface area contributed by atoms with Crippen LogP contribution in [-0.4, -0.2) is 45.4 Å². The van der Waals surface area contributed by atoms with E-state index in [1.807, 2.05) is 30.3 Å². The molecule has 1 aliphatic rings. The number of carbonyl (C=O) groups excluding carboxylic acids is 1. The molecule has 0 saturated heterocycles. The lowest BCUT2D eigenvalue weighted by Crippen LogP contribution is -2.50. The monoisotopic (exact) mass is 329 g/mol. The van der Waals surface area contributed by atoms with Gasteiger partial charge in [0.25, 0.3) is 0 Å². The molecule has 1 aliphatic carbocycles. The zero-order valence-corrected chi connectivity index (χ0v) is 14.3. The summed E-state index contributed by atoms with van der Waals surface area (Å²) >= 11 is 0. The van der Waals surface area contributed by atoms with Gasteiger partial charge < -0.3 is 4.74 Å². The topological polar surface area (TPSA) is 73.1 Å². The molecule has 3 rings (SSSR count). The summed E-state index contributed by atoms with van der Waals surface area (Å²) in [6.45, 7) is 2.24. The normalized spacial score (nSPS) is 23.7. The molecule has 7 heteroatoms. The average molecular weight is 329 g/mol. The van der Waals surface area contributed by atoms with Crippen LogP contribution in [0.5, 0.6) is 0 Å². The number of nitrogens with zero attached hydrogens (tertiary/aromatic N) is 5. The summed E-state index contributed by atoms with van der Waals surface area (Å²) in [5, 5.41) is 12.4. The number of carbonyl (C=O) groups is 1. The molecule has 1 aromatic heterocycles. The number of hydrogen-bond donors (Lipinski definition) is 0. The lowest BCUT2D eigenvalue weighted by Gasteiger charge is -2.43. The van der Waals surface area contributed by atoms with E-state index in [9.17, 15) is 4.79 Å². The first-order valence-electron chi connectivity index (χ1n) is 8.24. The van der Waals surface area contributed by atoms with Crippen LogP contribution in [0.3, 0.4) is 0 Å². The van der Waals surface area contributed by atoms with Crippen molar-refractivity contribution in [3.8, 4) is 5.69 Å². The van der Waals surface area contributed by atoms with Crippen molar-refractivity contribution >= 4 is 6.09 Å². The van der Waals surface area contributed by atoms with Crippen LogP contribution in [0.1, 0.15) is 38.4 Å². The van der Waals surface area contributed by atoms with Crippen LogP contribution in [0, 0.1) is 5.92 Å². The Labute approximate surface area is 141 Å². The fraction of sp³-hybridized carbons (Fsp3) is 0.529. The smallest absolute Gasteiger partial charge is 0.410 e. The zero-order valence-electron chi connectivity index (χ0n) is 14.3. The number of hydrogen-bond acceptors (Lipinski definition) is 5. The molecule has 2 aromatic rings. The van der Waals surface area contributed by atoms with Crippen LogP contribution >= 0.6 is 0 Å². The van der Waals surface area contributed by atoms with Crippen LogP contribution in [-0.2, 0) is 10.3 Å². The standard InChI is InChI=1S/C17H23N5O2/c1-13-9-11-17(12-10-13,21(2)16(23)24-3)15-18-19-20-22(15)14-7-5-4-6-8-14/h4-8,13H,9-12H2,1-3H3. The van der Waals surface area contributed by atoms with Gasteiger partial charge in [0.2, 0.25) is 0 Å². The van der Waals surface area contributed by atoms with E-state index in [1.165, 1.54) is 7.11 Å². The van der Waals surface area contributed by atoms with Gasteiger partial charge in [0, 0.05) is 7.05 Å². The van der Waals surface area contributed by atoms with Crippen molar-refractivity contribution in [3.05, 3.63) is 36.2 Å². The lowest BCUT2D eigenvalue weighted by atomic mass is 9.75. The fourth-order valence-electron chi connectivity index (χ4n) is 3.48. The highest BCUT2D eigenvalue weighted by Crippen LogP contribution is 2.43. The van der Waals surface area contributed by atoms with Gasteiger partial charge in [-0.1, -0.05) is 25.1 Å². The number of aromatic nitrogens is 4. The van der Waals surface area contributed by atoms with E-state index in [0.29, 0.717) is 11.7 Å². The van der Waals surface area contributed by atoms with Crippen LogP contribution in [0.4, 0.5) is 4.79 Å². The van der Waals surface area contributed by atoms with Gasteiger partial charge in [0.05, 0.1) is 12.8 Å². The van der Waals surface area contributed by atoms with Crippen LogP contribution in [0.2, 0.25) is 0 Å². The summed E-state index contributed by atoms with van der Waals surface area (Å²) in [7, 11) is 3.17. The van der Waals surface area contributed by atoms with E-state index < -0.39 is 5.54 Å². The highest BCUT2D eigenvalue weighted by atomic mass is 16.5. The predicted molar refractivity (Wildman–Crippen MR) is 88.6 cm³/mol. The van der Waals surface area contributed by atoms with Gasteiger partial charge in [0.1, 0.15) is 5.54 Å². The largest absolute Gasteiger partial charge is 0.453 e. The third-order valence-electron chi connectivity index (χ3n) is 5.08. The molecule has 1 fully saturated rings. The van der Waals surface area contributed by atoms with Crippen molar-refractivity contribution in [2.24, 2.45) is 5.92 Å². The summed E-state index contributed by atoms with van der Waals surface area (Å²) in [6, 6.07) is 9.75.